The van der Waals surface area contributed by atoms with Crippen molar-refractivity contribution in [2.75, 3.05) is 37.8 Å². The van der Waals surface area contributed by atoms with Gasteiger partial charge in [0.05, 0.1) is 32.5 Å². The zero-order valence-corrected chi connectivity index (χ0v) is 24.1. The number of fused-ring (bicyclic) bond motifs is 2. The number of nitrogens with one attached hydrogen (secondary N) is 3. The van der Waals surface area contributed by atoms with Gasteiger partial charge in [0.2, 0.25) is 5.75 Å². The molecule has 4 aromatic carbocycles. The molecule has 10 heteroatoms. The van der Waals surface area contributed by atoms with Crippen LogP contribution in [0.3, 0.4) is 0 Å². The van der Waals surface area contributed by atoms with E-state index in [1.54, 1.807) is 18.2 Å². The second kappa shape index (κ2) is 12.7. The Kier molecular flexibility index (Phi) is 8.68. The monoisotopic (exact) mass is 587 g/mol. The number of carbonyl (C=O) groups excluding carboxylic acids is 2. The van der Waals surface area contributed by atoms with Crippen LogP contribution in [0.2, 0.25) is 0 Å². The molecule has 0 spiro atoms. The predicted molar refractivity (Wildman–Crippen MR) is 165 cm³/mol. The van der Waals surface area contributed by atoms with Gasteiger partial charge in [-0.25, -0.2) is 4.79 Å². The fourth-order valence-electron chi connectivity index (χ4n) is 4.94. The normalized spacial score (nSPS) is 10.9. The van der Waals surface area contributed by atoms with Gasteiger partial charge in [-0.3, -0.25) is 10.1 Å². The molecule has 0 bridgehead atoms. The fraction of sp³-hybridized carbons (Fsp3) is 0.188. The first kappa shape index (κ1) is 28.6. The first-order valence-electron chi connectivity index (χ1n) is 13.2. The summed E-state index contributed by atoms with van der Waals surface area (Å²) in [5, 5.41) is 8.20. The standard InChI is InChI=1S/C32H30ClN3O6/c1-39-27-16-20-15-26(34-28(20)30(41-3)29(27)40-2)31(37)35-24-17-25(22-12-8-7-11-21(22)23(24)13-14-33)36-32(38)42-18-19-9-5-4-6-10-19/h4-12,15-17,34H,13-14,18H2,1-3H3,(H,35,37)(H,36,38). The number of rotatable bonds is 10. The quantitative estimate of drug-likeness (QED) is 0.150. The van der Waals surface area contributed by atoms with Crippen LogP contribution >= 0.6 is 11.6 Å². The molecule has 216 valence electrons. The minimum Gasteiger partial charge on any atom is -0.493 e. The lowest BCUT2D eigenvalue weighted by molar-refractivity contribution is 0.102. The molecule has 0 radical (unpaired) electrons. The molecular formula is C32H30ClN3O6. The number of aromatic nitrogens is 1. The minimum atomic E-state index is -0.614. The zero-order chi connectivity index (χ0) is 29.6. The Labute approximate surface area is 247 Å². The molecule has 0 unspecified atom stereocenters. The van der Waals surface area contributed by atoms with E-state index in [2.05, 4.69) is 15.6 Å². The van der Waals surface area contributed by atoms with Crippen molar-refractivity contribution < 1.29 is 28.5 Å². The number of H-pyrrole nitrogens is 1. The van der Waals surface area contributed by atoms with Gasteiger partial charge in [0, 0.05) is 22.3 Å². The summed E-state index contributed by atoms with van der Waals surface area (Å²) in [7, 11) is 4.57. The maximum absolute atomic E-state index is 13.6. The highest BCUT2D eigenvalue weighted by Crippen LogP contribution is 2.43. The Morgan fingerprint density at radius 2 is 1.52 bits per heavy atom. The van der Waals surface area contributed by atoms with Crippen molar-refractivity contribution in [3.63, 3.8) is 0 Å². The molecule has 0 aliphatic heterocycles. The summed E-state index contributed by atoms with van der Waals surface area (Å²) < 4.78 is 21.9. The molecule has 5 rings (SSSR count). The van der Waals surface area contributed by atoms with E-state index >= 15 is 0 Å². The summed E-state index contributed by atoms with van der Waals surface area (Å²) in [5.41, 5.74) is 3.59. The summed E-state index contributed by atoms with van der Waals surface area (Å²) in [5.74, 6) is 1.24. The number of amides is 2. The highest BCUT2D eigenvalue weighted by molar-refractivity contribution is 6.18. The van der Waals surface area contributed by atoms with Crippen LogP contribution < -0.4 is 24.8 Å². The van der Waals surface area contributed by atoms with Crippen molar-refractivity contribution >= 4 is 56.7 Å². The van der Waals surface area contributed by atoms with Crippen molar-refractivity contribution in [1.29, 1.82) is 0 Å². The third-order valence-electron chi connectivity index (χ3n) is 6.86. The van der Waals surface area contributed by atoms with E-state index in [-0.39, 0.29) is 6.61 Å². The van der Waals surface area contributed by atoms with Gasteiger partial charge in [-0.05, 0) is 41.1 Å². The lowest BCUT2D eigenvalue weighted by Crippen LogP contribution is -2.17. The van der Waals surface area contributed by atoms with Gasteiger partial charge in [0.1, 0.15) is 12.3 Å². The molecule has 0 saturated carbocycles. The molecule has 0 atom stereocenters. The fourth-order valence-corrected chi connectivity index (χ4v) is 5.13. The highest BCUT2D eigenvalue weighted by atomic mass is 35.5. The van der Waals surface area contributed by atoms with E-state index in [0.717, 1.165) is 21.9 Å². The molecule has 42 heavy (non-hydrogen) atoms. The molecule has 0 saturated heterocycles. The summed E-state index contributed by atoms with van der Waals surface area (Å²) in [6.07, 6.45) is -0.122. The van der Waals surface area contributed by atoms with E-state index < -0.39 is 12.0 Å². The molecule has 9 nitrogen and oxygen atoms in total. The van der Waals surface area contributed by atoms with E-state index in [1.807, 2.05) is 54.6 Å². The van der Waals surface area contributed by atoms with Crippen LogP contribution in [0, 0.1) is 0 Å². The number of benzene rings is 4. The first-order valence-corrected chi connectivity index (χ1v) is 13.7. The number of hydrogen-bond donors (Lipinski definition) is 3. The average molecular weight is 588 g/mol. The van der Waals surface area contributed by atoms with Gasteiger partial charge in [-0.15, -0.1) is 11.6 Å². The number of anilines is 2. The number of methoxy groups -OCH3 is 3. The summed E-state index contributed by atoms with van der Waals surface area (Å²) >= 11 is 6.18. The molecule has 5 aromatic rings. The SMILES string of the molecule is COc1cc2cc(C(=O)Nc3cc(NC(=O)OCc4ccccc4)c4ccccc4c3CCCl)[nH]c2c(OC)c1OC. The van der Waals surface area contributed by atoms with Crippen molar-refractivity contribution in [3.05, 3.63) is 89.6 Å². The Bertz CT molecular complexity index is 1750. The van der Waals surface area contributed by atoms with Crippen molar-refractivity contribution in [2.24, 2.45) is 0 Å². The van der Waals surface area contributed by atoms with Crippen molar-refractivity contribution in [1.82, 2.24) is 4.98 Å². The maximum Gasteiger partial charge on any atom is 0.411 e. The third-order valence-corrected chi connectivity index (χ3v) is 7.05. The molecule has 2 amide bonds. The largest absolute Gasteiger partial charge is 0.493 e. The summed E-state index contributed by atoms with van der Waals surface area (Å²) in [6.45, 7) is 0.123. The second-order valence-electron chi connectivity index (χ2n) is 9.37. The van der Waals surface area contributed by atoms with Crippen LogP contribution in [0.25, 0.3) is 21.7 Å². The molecule has 0 fully saturated rings. The van der Waals surface area contributed by atoms with E-state index in [0.29, 0.717) is 57.5 Å². The Hall–Kier alpha value is -4.89. The maximum atomic E-state index is 13.6. The first-order chi connectivity index (χ1) is 20.5. The lowest BCUT2D eigenvalue weighted by atomic mass is 9.98. The van der Waals surface area contributed by atoms with Crippen molar-refractivity contribution in [2.45, 2.75) is 13.0 Å². The lowest BCUT2D eigenvalue weighted by Gasteiger charge is -2.17. The average Bonchev–Trinajstić information content (AvgIpc) is 3.45. The topological polar surface area (TPSA) is 111 Å². The Morgan fingerprint density at radius 3 is 2.21 bits per heavy atom. The molecular weight excluding hydrogens is 558 g/mol. The summed E-state index contributed by atoms with van der Waals surface area (Å²) in [6, 6.07) is 22.2. The van der Waals surface area contributed by atoms with E-state index in [1.165, 1.54) is 21.3 Å². The van der Waals surface area contributed by atoms with Gasteiger partial charge in [0.25, 0.3) is 5.91 Å². The Balaban J connectivity index is 1.49. The number of halogens is 1. The number of hydrogen-bond acceptors (Lipinski definition) is 6. The van der Waals surface area contributed by atoms with E-state index in [4.69, 9.17) is 30.5 Å². The molecule has 0 aliphatic rings. The van der Waals surface area contributed by atoms with Gasteiger partial charge in [0.15, 0.2) is 11.5 Å². The predicted octanol–water partition coefficient (Wildman–Crippen LogP) is 7.13. The number of carbonyl (C=O) groups is 2. The molecule has 3 N–H and O–H groups in total. The van der Waals surface area contributed by atoms with E-state index in [9.17, 15) is 9.59 Å². The zero-order valence-electron chi connectivity index (χ0n) is 23.4. The van der Waals surface area contributed by atoms with Crippen LogP contribution in [-0.2, 0) is 17.8 Å². The smallest absolute Gasteiger partial charge is 0.411 e. The van der Waals surface area contributed by atoms with Gasteiger partial charge >= 0.3 is 6.09 Å². The van der Waals surface area contributed by atoms with Gasteiger partial charge in [-0.1, -0.05) is 54.6 Å². The molecule has 1 aromatic heterocycles. The van der Waals surface area contributed by atoms with Crippen LogP contribution in [0.15, 0.2) is 72.8 Å². The second-order valence-corrected chi connectivity index (χ2v) is 9.75. The highest BCUT2D eigenvalue weighted by Gasteiger charge is 2.21. The van der Waals surface area contributed by atoms with Crippen LogP contribution in [0.5, 0.6) is 17.2 Å². The van der Waals surface area contributed by atoms with Crippen molar-refractivity contribution in [3.8, 4) is 17.2 Å². The number of aryl methyl sites for hydroxylation is 1. The minimum absolute atomic E-state index is 0.123. The number of alkyl halides is 1. The third kappa shape index (κ3) is 5.77. The molecule has 1 heterocycles. The van der Waals surface area contributed by atoms with Crippen LogP contribution in [-0.4, -0.2) is 44.2 Å². The van der Waals surface area contributed by atoms with Crippen LogP contribution in [0.4, 0.5) is 16.2 Å². The van der Waals surface area contributed by atoms with Gasteiger partial charge < -0.3 is 29.2 Å². The van der Waals surface area contributed by atoms with Crippen LogP contribution in [0.1, 0.15) is 21.6 Å². The Morgan fingerprint density at radius 1 is 0.810 bits per heavy atom. The van der Waals surface area contributed by atoms with Gasteiger partial charge in [-0.2, -0.15) is 0 Å². The molecule has 0 aliphatic carbocycles. The number of aromatic amines is 1. The summed E-state index contributed by atoms with van der Waals surface area (Å²) in [4.78, 5) is 29.5. The number of ether oxygens (including phenoxy) is 4.